The molecule has 4 nitrogen and oxygen atoms in total. The van der Waals surface area contributed by atoms with Crippen LogP contribution in [0.15, 0.2) is 9.72 Å². The summed E-state index contributed by atoms with van der Waals surface area (Å²) in [7, 11) is 2.09. The predicted molar refractivity (Wildman–Crippen MR) is 71.7 cm³/mol. The highest BCUT2D eigenvalue weighted by Crippen LogP contribution is 2.22. The van der Waals surface area contributed by atoms with Gasteiger partial charge in [0.1, 0.15) is 0 Å². The number of hydrogen-bond acceptors (Lipinski definition) is 5. The van der Waals surface area contributed by atoms with Crippen molar-refractivity contribution in [3.63, 3.8) is 0 Å². The number of carbonyl (C=O) groups excluding carboxylic acids is 1. The zero-order valence-electron chi connectivity index (χ0n) is 10.2. The molecule has 1 aromatic heterocycles. The van der Waals surface area contributed by atoms with Gasteiger partial charge < -0.3 is 9.80 Å². The molecule has 0 atom stereocenters. The first-order valence-electron chi connectivity index (χ1n) is 5.66. The highest BCUT2D eigenvalue weighted by Gasteiger charge is 2.19. The summed E-state index contributed by atoms with van der Waals surface area (Å²) in [5.41, 5.74) is 1.03. The van der Waals surface area contributed by atoms with Crippen molar-refractivity contribution >= 4 is 29.0 Å². The van der Waals surface area contributed by atoms with E-state index in [1.807, 2.05) is 17.2 Å². The van der Waals surface area contributed by atoms with Gasteiger partial charge in [-0.05, 0) is 14.0 Å². The van der Waals surface area contributed by atoms with Crippen LogP contribution in [0.25, 0.3) is 0 Å². The van der Waals surface area contributed by atoms with Crippen LogP contribution in [0.2, 0.25) is 0 Å². The molecule has 17 heavy (non-hydrogen) atoms. The minimum atomic E-state index is 0.232. The predicted octanol–water partition coefficient (Wildman–Crippen LogP) is 1.32. The Morgan fingerprint density at radius 3 is 2.76 bits per heavy atom. The number of likely N-dealkylation sites (N-methyl/N-ethyl adjacent to an activating group) is 1. The topological polar surface area (TPSA) is 36.4 Å². The van der Waals surface area contributed by atoms with E-state index in [0.29, 0.717) is 5.75 Å². The Kier molecular flexibility index (Phi) is 4.42. The van der Waals surface area contributed by atoms with Gasteiger partial charge in [-0.1, -0.05) is 11.8 Å². The van der Waals surface area contributed by atoms with Gasteiger partial charge in [-0.15, -0.1) is 11.3 Å². The molecule has 0 aliphatic carbocycles. The van der Waals surface area contributed by atoms with E-state index < -0.39 is 0 Å². The van der Waals surface area contributed by atoms with E-state index in [-0.39, 0.29) is 5.91 Å². The minimum Gasteiger partial charge on any atom is -0.339 e. The summed E-state index contributed by atoms with van der Waals surface area (Å²) >= 11 is 3.16. The number of aryl methyl sites for hydroxylation is 1. The number of thiazole rings is 1. The monoisotopic (exact) mass is 271 g/mol. The van der Waals surface area contributed by atoms with Gasteiger partial charge >= 0.3 is 0 Å². The number of nitrogens with zero attached hydrogens (tertiary/aromatic N) is 3. The number of hydrogen-bond donors (Lipinski definition) is 0. The highest BCUT2D eigenvalue weighted by molar-refractivity contribution is 8.01. The van der Waals surface area contributed by atoms with Crippen molar-refractivity contribution in [1.29, 1.82) is 0 Å². The van der Waals surface area contributed by atoms with Crippen LogP contribution in [-0.2, 0) is 4.79 Å². The molecule has 1 fully saturated rings. The number of rotatable bonds is 3. The normalized spacial score (nSPS) is 17.4. The van der Waals surface area contributed by atoms with E-state index in [9.17, 15) is 4.79 Å². The van der Waals surface area contributed by atoms with Gasteiger partial charge in [0.2, 0.25) is 5.91 Å². The Bertz CT molecular complexity index is 386. The average molecular weight is 271 g/mol. The van der Waals surface area contributed by atoms with Gasteiger partial charge in [-0.3, -0.25) is 4.79 Å². The van der Waals surface area contributed by atoms with Crippen LogP contribution in [0.4, 0.5) is 0 Å². The molecule has 1 aliphatic heterocycles. The fraction of sp³-hybridized carbons (Fsp3) is 0.636. The third-order valence-electron chi connectivity index (χ3n) is 2.77. The van der Waals surface area contributed by atoms with Crippen molar-refractivity contribution in [2.45, 2.75) is 11.3 Å². The first-order valence-corrected chi connectivity index (χ1v) is 7.53. The summed E-state index contributed by atoms with van der Waals surface area (Å²) in [6.07, 6.45) is 0. The summed E-state index contributed by atoms with van der Waals surface area (Å²) < 4.78 is 0.991. The smallest absolute Gasteiger partial charge is 0.233 e. The Labute approximate surface area is 110 Å². The second-order valence-corrected chi connectivity index (χ2v) is 6.31. The molecule has 0 unspecified atom stereocenters. The van der Waals surface area contributed by atoms with Gasteiger partial charge in [-0.25, -0.2) is 4.98 Å². The molecule has 0 aromatic carbocycles. The molecule has 1 saturated heterocycles. The van der Waals surface area contributed by atoms with Crippen molar-refractivity contribution in [3.05, 3.63) is 11.1 Å². The number of thioether (sulfide) groups is 1. The van der Waals surface area contributed by atoms with E-state index in [4.69, 9.17) is 0 Å². The van der Waals surface area contributed by atoms with Crippen molar-refractivity contribution in [2.24, 2.45) is 0 Å². The number of piperazine rings is 1. The lowest BCUT2D eigenvalue weighted by molar-refractivity contribution is -0.129. The third-order valence-corrected chi connectivity index (χ3v) is 4.90. The largest absolute Gasteiger partial charge is 0.339 e. The molecule has 0 saturated carbocycles. The van der Waals surface area contributed by atoms with Gasteiger partial charge in [0.15, 0.2) is 4.34 Å². The standard InChI is InChI=1S/C11H17N3OS2/c1-9-7-16-11(12-9)17-8-10(15)14-5-3-13(2)4-6-14/h7H,3-6,8H2,1-2H3. The zero-order chi connectivity index (χ0) is 12.3. The van der Waals surface area contributed by atoms with Gasteiger partial charge in [-0.2, -0.15) is 0 Å². The van der Waals surface area contributed by atoms with Gasteiger partial charge in [0, 0.05) is 37.3 Å². The van der Waals surface area contributed by atoms with E-state index >= 15 is 0 Å². The quantitative estimate of drug-likeness (QED) is 0.777. The van der Waals surface area contributed by atoms with Crippen molar-refractivity contribution < 1.29 is 4.79 Å². The second kappa shape index (κ2) is 5.84. The van der Waals surface area contributed by atoms with E-state index in [1.165, 1.54) is 0 Å². The molecular weight excluding hydrogens is 254 g/mol. The van der Waals surface area contributed by atoms with E-state index in [1.54, 1.807) is 23.1 Å². The molecule has 2 rings (SSSR count). The molecule has 0 N–H and O–H groups in total. The van der Waals surface area contributed by atoms with E-state index in [2.05, 4.69) is 16.9 Å². The maximum atomic E-state index is 11.9. The maximum absolute atomic E-state index is 11.9. The second-order valence-electron chi connectivity index (χ2n) is 4.23. The van der Waals surface area contributed by atoms with Crippen LogP contribution < -0.4 is 0 Å². The fourth-order valence-electron chi connectivity index (χ4n) is 1.67. The summed E-state index contributed by atoms with van der Waals surface area (Å²) in [4.78, 5) is 20.5. The first-order chi connectivity index (χ1) is 8.15. The van der Waals surface area contributed by atoms with Crippen LogP contribution in [0.3, 0.4) is 0 Å². The Morgan fingerprint density at radius 1 is 1.47 bits per heavy atom. The van der Waals surface area contributed by atoms with Crippen molar-refractivity contribution in [3.8, 4) is 0 Å². The van der Waals surface area contributed by atoms with Crippen LogP contribution in [-0.4, -0.2) is 59.7 Å². The van der Waals surface area contributed by atoms with Gasteiger partial charge in [0.05, 0.1) is 5.75 Å². The zero-order valence-corrected chi connectivity index (χ0v) is 11.8. The fourth-order valence-corrected chi connectivity index (χ4v) is 3.42. The molecule has 0 radical (unpaired) electrons. The van der Waals surface area contributed by atoms with Crippen LogP contribution in [0.1, 0.15) is 5.69 Å². The SMILES string of the molecule is Cc1csc(SCC(=O)N2CCN(C)CC2)n1. The first kappa shape index (κ1) is 12.9. The minimum absolute atomic E-state index is 0.232. The molecule has 1 amide bonds. The number of amides is 1. The summed E-state index contributed by atoms with van der Waals surface area (Å²) in [6, 6.07) is 0. The average Bonchev–Trinajstić information content (AvgIpc) is 2.73. The van der Waals surface area contributed by atoms with Crippen LogP contribution in [0, 0.1) is 6.92 Å². The Morgan fingerprint density at radius 2 is 2.18 bits per heavy atom. The summed E-state index contributed by atoms with van der Waals surface area (Å²) in [5, 5.41) is 2.02. The molecule has 0 spiro atoms. The van der Waals surface area contributed by atoms with Crippen molar-refractivity contribution in [2.75, 3.05) is 39.0 Å². The molecule has 0 bridgehead atoms. The lowest BCUT2D eigenvalue weighted by Gasteiger charge is -2.32. The summed E-state index contributed by atoms with van der Waals surface area (Å²) in [5.74, 6) is 0.743. The van der Waals surface area contributed by atoms with Crippen LogP contribution in [0.5, 0.6) is 0 Å². The molecular formula is C11H17N3OS2. The number of carbonyl (C=O) groups is 1. The molecule has 6 heteroatoms. The Balaban J connectivity index is 1.77. The Hall–Kier alpha value is -0.590. The van der Waals surface area contributed by atoms with Crippen LogP contribution >= 0.6 is 23.1 Å². The van der Waals surface area contributed by atoms with E-state index in [0.717, 1.165) is 36.2 Å². The molecule has 1 aliphatic rings. The molecule has 2 heterocycles. The number of aromatic nitrogens is 1. The maximum Gasteiger partial charge on any atom is 0.233 e. The summed E-state index contributed by atoms with van der Waals surface area (Å²) in [6.45, 7) is 5.64. The van der Waals surface area contributed by atoms with Crippen molar-refractivity contribution in [1.82, 2.24) is 14.8 Å². The molecule has 1 aromatic rings. The lowest BCUT2D eigenvalue weighted by atomic mass is 10.3. The molecule has 94 valence electrons. The van der Waals surface area contributed by atoms with Gasteiger partial charge in [0.25, 0.3) is 0 Å². The lowest BCUT2D eigenvalue weighted by Crippen LogP contribution is -2.47. The third kappa shape index (κ3) is 3.69. The highest BCUT2D eigenvalue weighted by atomic mass is 32.2.